The number of benzene rings is 1. The van der Waals surface area contributed by atoms with Crippen LogP contribution in [0.15, 0.2) is 24.3 Å². The van der Waals surface area contributed by atoms with Crippen LogP contribution >= 0.6 is 0 Å². The third kappa shape index (κ3) is 3.53. The summed E-state index contributed by atoms with van der Waals surface area (Å²) in [6, 6.07) is 7.69. The monoisotopic (exact) mass is 168 g/mol. The summed E-state index contributed by atoms with van der Waals surface area (Å²) in [6.07, 6.45) is 0. The third-order valence-electron chi connectivity index (χ3n) is 1.35. The van der Waals surface area contributed by atoms with Crippen LogP contribution in [0.5, 0.6) is 0 Å². The highest BCUT2D eigenvalue weighted by molar-refractivity contribution is 6.33. The molecule has 1 aromatic rings. The van der Waals surface area contributed by atoms with Gasteiger partial charge in [-0.1, -0.05) is 29.7 Å². The molecule has 0 spiro atoms. The second kappa shape index (κ2) is 6.85. The van der Waals surface area contributed by atoms with E-state index in [4.69, 9.17) is 12.6 Å². The van der Waals surface area contributed by atoms with E-state index in [0.29, 0.717) is 6.61 Å². The van der Waals surface area contributed by atoms with E-state index in [1.165, 1.54) is 0 Å². The summed E-state index contributed by atoms with van der Waals surface area (Å²) in [7, 11) is 7.29. The maximum absolute atomic E-state index is 5.63. The predicted molar refractivity (Wildman–Crippen MR) is 49.8 cm³/mol. The standard InChI is InChI=1S/C8H9BO.2H2O/c1-10-6-7-4-2-3-5-8(7)9;;/h2-5H,6H2,1H3;2*1H2. The molecule has 0 aliphatic heterocycles. The molecule has 0 atom stereocenters. The molecular formula is C8H13BO3. The van der Waals surface area contributed by atoms with E-state index in [1.807, 2.05) is 24.3 Å². The van der Waals surface area contributed by atoms with E-state index in [1.54, 1.807) is 7.11 Å². The Morgan fingerprint density at radius 1 is 1.25 bits per heavy atom. The van der Waals surface area contributed by atoms with E-state index >= 15 is 0 Å². The van der Waals surface area contributed by atoms with E-state index in [2.05, 4.69) is 0 Å². The Labute approximate surface area is 73.4 Å². The first-order chi connectivity index (χ1) is 4.84. The van der Waals surface area contributed by atoms with Crippen molar-refractivity contribution < 1.29 is 15.7 Å². The van der Waals surface area contributed by atoms with E-state index in [0.717, 1.165) is 11.0 Å². The highest BCUT2D eigenvalue weighted by Gasteiger charge is 1.92. The van der Waals surface area contributed by atoms with Crippen LogP contribution in [-0.4, -0.2) is 25.9 Å². The first kappa shape index (κ1) is 13.7. The van der Waals surface area contributed by atoms with Gasteiger partial charge < -0.3 is 15.7 Å². The first-order valence-electron chi connectivity index (χ1n) is 3.17. The molecule has 1 rings (SSSR count). The van der Waals surface area contributed by atoms with E-state index in [-0.39, 0.29) is 11.0 Å². The summed E-state index contributed by atoms with van der Waals surface area (Å²) in [5.41, 5.74) is 1.84. The Balaban J connectivity index is 0. The maximum Gasteiger partial charge on any atom is 0.114 e. The van der Waals surface area contributed by atoms with Gasteiger partial charge in [0.05, 0.1) is 6.61 Å². The Hall–Kier alpha value is -0.835. The highest BCUT2D eigenvalue weighted by atomic mass is 16.5. The Morgan fingerprint density at radius 3 is 2.33 bits per heavy atom. The molecule has 0 saturated heterocycles. The van der Waals surface area contributed by atoms with Gasteiger partial charge in [0, 0.05) is 7.11 Å². The molecule has 0 fully saturated rings. The average Bonchev–Trinajstić information content (AvgIpc) is 1.94. The third-order valence-corrected chi connectivity index (χ3v) is 1.35. The van der Waals surface area contributed by atoms with Gasteiger partial charge in [-0.2, -0.15) is 0 Å². The zero-order valence-corrected chi connectivity index (χ0v) is 7.00. The molecule has 4 N–H and O–H groups in total. The van der Waals surface area contributed by atoms with Gasteiger partial charge in [-0.15, -0.1) is 0 Å². The van der Waals surface area contributed by atoms with Crippen molar-refractivity contribution in [3.8, 4) is 0 Å². The molecule has 66 valence electrons. The number of ether oxygens (including phenoxy) is 1. The van der Waals surface area contributed by atoms with Gasteiger partial charge in [0.25, 0.3) is 0 Å². The summed E-state index contributed by atoms with van der Waals surface area (Å²) in [4.78, 5) is 0. The van der Waals surface area contributed by atoms with Gasteiger partial charge in [0.1, 0.15) is 7.85 Å². The van der Waals surface area contributed by atoms with Crippen molar-refractivity contribution in [3.63, 3.8) is 0 Å². The Kier molecular flexibility index (Phi) is 7.84. The second-order valence-electron chi connectivity index (χ2n) is 2.13. The van der Waals surface area contributed by atoms with Crippen molar-refractivity contribution in [1.82, 2.24) is 0 Å². The lowest BCUT2D eigenvalue weighted by molar-refractivity contribution is 0.185. The normalized spacial score (nSPS) is 8.08. The van der Waals surface area contributed by atoms with Crippen LogP contribution in [0.1, 0.15) is 5.56 Å². The van der Waals surface area contributed by atoms with Crippen molar-refractivity contribution >= 4 is 13.3 Å². The number of hydrogen-bond acceptors (Lipinski definition) is 1. The fraction of sp³-hybridized carbons (Fsp3) is 0.250. The molecular weight excluding hydrogens is 155 g/mol. The summed E-state index contributed by atoms with van der Waals surface area (Å²) in [5, 5.41) is 0. The largest absolute Gasteiger partial charge is 0.412 e. The van der Waals surface area contributed by atoms with Crippen LogP contribution in [0.2, 0.25) is 0 Å². The van der Waals surface area contributed by atoms with Crippen LogP contribution in [0, 0.1) is 0 Å². The van der Waals surface area contributed by atoms with Crippen LogP contribution in [0.4, 0.5) is 0 Å². The van der Waals surface area contributed by atoms with Crippen molar-refractivity contribution in [1.29, 1.82) is 0 Å². The molecule has 0 unspecified atom stereocenters. The highest BCUT2D eigenvalue weighted by Crippen LogP contribution is 1.94. The maximum atomic E-state index is 5.63. The van der Waals surface area contributed by atoms with Gasteiger partial charge in [-0.25, -0.2) is 0 Å². The molecule has 12 heavy (non-hydrogen) atoms. The van der Waals surface area contributed by atoms with Crippen molar-refractivity contribution in [2.24, 2.45) is 0 Å². The lowest BCUT2D eigenvalue weighted by atomic mass is 9.91. The summed E-state index contributed by atoms with van der Waals surface area (Å²) < 4.78 is 4.93. The van der Waals surface area contributed by atoms with Crippen molar-refractivity contribution in [3.05, 3.63) is 29.8 Å². The first-order valence-corrected chi connectivity index (χ1v) is 3.17. The fourth-order valence-electron chi connectivity index (χ4n) is 0.821. The molecule has 0 aliphatic rings. The zero-order valence-electron chi connectivity index (χ0n) is 7.00. The van der Waals surface area contributed by atoms with E-state index < -0.39 is 0 Å². The molecule has 4 heteroatoms. The minimum absolute atomic E-state index is 0. The number of hydrogen-bond donors (Lipinski definition) is 0. The molecule has 3 nitrogen and oxygen atoms in total. The number of rotatable bonds is 2. The molecule has 0 amide bonds. The van der Waals surface area contributed by atoms with Gasteiger partial charge in [0.2, 0.25) is 0 Å². The molecule has 0 aromatic heterocycles. The van der Waals surface area contributed by atoms with Crippen LogP contribution < -0.4 is 5.46 Å². The zero-order chi connectivity index (χ0) is 7.40. The quantitative estimate of drug-likeness (QED) is 0.520. The molecule has 0 aliphatic carbocycles. The van der Waals surface area contributed by atoms with Crippen LogP contribution in [0.3, 0.4) is 0 Å². The second-order valence-corrected chi connectivity index (χ2v) is 2.13. The van der Waals surface area contributed by atoms with E-state index in [9.17, 15) is 0 Å². The molecule has 0 heterocycles. The number of methoxy groups -OCH3 is 1. The summed E-state index contributed by atoms with van der Waals surface area (Å²) in [5.74, 6) is 0. The Bertz CT molecular complexity index is 215. The topological polar surface area (TPSA) is 72.2 Å². The fourth-order valence-corrected chi connectivity index (χ4v) is 0.821. The van der Waals surface area contributed by atoms with Crippen LogP contribution in [-0.2, 0) is 11.3 Å². The molecule has 2 radical (unpaired) electrons. The lowest BCUT2D eigenvalue weighted by Crippen LogP contribution is -2.09. The van der Waals surface area contributed by atoms with Gasteiger partial charge in [-0.05, 0) is 5.56 Å². The van der Waals surface area contributed by atoms with Gasteiger partial charge in [-0.3, -0.25) is 0 Å². The minimum atomic E-state index is 0. The summed E-state index contributed by atoms with van der Waals surface area (Å²) in [6.45, 7) is 0.590. The smallest absolute Gasteiger partial charge is 0.114 e. The van der Waals surface area contributed by atoms with Crippen LogP contribution in [0.25, 0.3) is 0 Å². The molecule has 0 bridgehead atoms. The van der Waals surface area contributed by atoms with Gasteiger partial charge in [0.15, 0.2) is 0 Å². The lowest BCUT2D eigenvalue weighted by Gasteiger charge is -2.02. The average molecular weight is 168 g/mol. The SMILES string of the molecule is O.O.[B]c1ccccc1COC. The van der Waals surface area contributed by atoms with Crippen molar-refractivity contribution in [2.45, 2.75) is 6.61 Å². The molecule has 0 saturated carbocycles. The van der Waals surface area contributed by atoms with Gasteiger partial charge >= 0.3 is 0 Å². The van der Waals surface area contributed by atoms with Crippen molar-refractivity contribution in [2.75, 3.05) is 7.11 Å². The predicted octanol–water partition coefficient (Wildman–Crippen LogP) is -1.02. The Morgan fingerprint density at radius 2 is 1.83 bits per heavy atom. The minimum Gasteiger partial charge on any atom is -0.412 e. The summed E-state index contributed by atoms with van der Waals surface area (Å²) >= 11 is 0. The molecule has 1 aromatic carbocycles.